The van der Waals surface area contributed by atoms with Gasteiger partial charge in [-0.1, -0.05) is 36.8 Å². The third kappa shape index (κ3) is 2.37. The molecule has 2 aliphatic rings. The van der Waals surface area contributed by atoms with Crippen molar-refractivity contribution in [1.82, 2.24) is 9.88 Å². The molecule has 2 aromatic rings. The molecule has 4 rings (SSSR count). The van der Waals surface area contributed by atoms with Crippen molar-refractivity contribution in [2.24, 2.45) is 5.41 Å². The Morgan fingerprint density at radius 2 is 1.92 bits per heavy atom. The Kier molecular flexibility index (Phi) is 3.56. The maximum Gasteiger partial charge on any atom is 0.255 e. The van der Waals surface area contributed by atoms with Crippen molar-refractivity contribution in [3.8, 4) is 0 Å². The molecule has 4 nitrogen and oxygen atoms in total. The van der Waals surface area contributed by atoms with Crippen LogP contribution in [-0.4, -0.2) is 28.9 Å². The molecule has 1 N–H and O–H groups in total. The fourth-order valence-corrected chi connectivity index (χ4v) is 4.39. The van der Waals surface area contributed by atoms with Gasteiger partial charge in [0.25, 0.3) is 5.91 Å². The summed E-state index contributed by atoms with van der Waals surface area (Å²) in [6.45, 7) is 3.38. The summed E-state index contributed by atoms with van der Waals surface area (Å²) in [5.74, 6) is 0.452. The zero-order valence-corrected chi connectivity index (χ0v) is 13.9. The van der Waals surface area contributed by atoms with Crippen molar-refractivity contribution in [2.75, 3.05) is 13.1 Å². The number of hydrogen-bond donors (Lipinski definition) is 1. The molecule has 2 heterocycles. The topological polar surface area (TPSA) is 53.2 Å². The summed E-state index contributed by atoms with van der Waals surface area (Å²) in [6, 6.07) is 13.7. The second kappa shape index (κ2) is 5.62. The van der Waals surface area contributed by atoms with Gasteiger partial charge in [-0.15, -0.1) is 0 Å². The standard InChI is InChI=1S/C20H22N2O2/c1-14-16(8-9-18(23)21-14)19(24)22-12-17(15-6-3-2-4-7-15)20(13-22)10-5-11-20/h2-4,6-9,17H,5,10-13H2,1H3,(H,21,23). The van der Waals surface area contributed by atoms with Crippen molar-refractivity contribution >= 4 is 5.91 Å². The zero-order valence-electron chi connectivity index (χ0n) is 13.9. The van der Waals surface area contributed by atoms with E-state index in [2.05, 4.69) is 29.2 Å². The minimum Gasteiger partial charge on any atom is -0.337 e. The second-order valence-electron chi connectivity index (χ2n) is 7.23. The fraction of sp³-hybridized carbons (Fsp3) is 0.400. The number of nitrogens with zero attached hydrogens (tertiary/aromatic N) is 1. The highest BCUT2D eigenvalue weighted by Crippen LogP contribution is 2.55. The van der Waals surface area contributed by atoms with E-state index in [0.717, 1.165) is 13.1 Å². The number of pyridine rings is 1. The molecule has 1 aliphatic heterocycles. The number of aromatic amines is 1. The summed E-state index contributed by atoms with van der Waals surface area (Å²) in [7, 11) is 0. The van der Waals surface area contributed by atoms with Crippen molar-refractivity contribution < 1.29 is 4.79 Å². The Hall–Kier alpha value is -2.36. The largest absolute Gasteiger partial charge is 0.337 e. The first-order valence-corrected chi connectivity index (χ1v) is 8.63. The molecule has 1 atom stereocenters. The van der Waals surface area contributed by atoms with Crippen LogP contribution in [0.4, 0.5) is 0 Å². The number of aromatic nitrogens is 1. The van der Waals surface area contributed by atoms with E-state index in [1.54, 1.807) is 13.0 Å². The van der Waals surface area contributed by atoms with Crippen LogP contribution in [0.2, 0.25) is 0 Å². The number of carbonyl (C=O) groups excluding carboxylic acids is 1. The average molecular weight is 322 g/mol. The molecule has 1 amide bonds. The van der Waals surface area contributed by atoms with Gasteiger partial charge in [0.2, 0.25) is 5.56 Å². The number of amides is 1. The Bertz CT molecular complexity index is 821. The molecule has 4 heteroatoms. The summed E-state index contributed by atoms with van der Waals surface area (Å²) in [5.41, 5.74) is 2.68. The summed E-state index contributed by atoms with van der Waals surface area (Å²) < 4.78 is 0. The van der Waals surface area contributed by atoms with Crippen molar-refractivity contribution in [2.45, 2.75) is 32.1 Å². The van der Waals surface area contributed by atoms with Crippen LogP contribution in [0.3, 0.4) is 0 Å². The molecular formula is C20H22N2O2. The number of carbonyl (C=O) groups is 1. The Morgan fingerprint density at radius 3 is 2.54 bits per heavy atom. The second-order valence-corrected chi connectivity index (χ2v) is 7.23. The first-order valence-electron chi connectivity index (χ1n) is 8.63. The highest BCUT2D eigenvalue weighted by molar-refractivity contribution is 5.95. The van der Waals surface area contributed by atoms with E-state index < -0.39 is 0 Å². The maximum atomic E-state index is 13.0. The normalized spacial score (nSPS) is 21.7. The molecule has 0 bridgehead atoms. The van der Waals surface area contributed by atoms with E-state index >= 15 is 0 Å². The number of rotatable bonds is 2. The van der Waals surface area contributed by atoms with E-state index in [4.69, 9.17) is 0 Å². The lowest BCUT2D eigenvalue weighted by Gasteiger charge is -2.43. The van der Waals surface area contributed by atoms with E-state index in [9.17, 15) is 9.59 Å². The summed E-state index contributed by atoms with van der Waals surface area (Å²) >= 11 is 0. The van der Waals surface area contributed by atoms with Gasteiger partial charge in [0.1, 0.15) is 0 Å². The molecule has 24 heavy (non-hydrogen) atoms. The third-order valence-corrected chi connectivity index (χ3v) is 5.83. The lowest BCUT2D eigenvalue weighted by Crippen LogP contribution is -2.38. The van der Waals surface area contributed by atoms with Gasteiger partial charge in [-0.25, -0.2) is 0 Å². The molecular weight excluding hydrogens is 300 g/mol. The van der Waals surface area contributed by atoms with E-state index in [1.165, 1.54) is 30.9 Å². The molecule has 1 saturated heterocycles. The van der Waals surface area contributed by atoms with Gasteiger partial charge in [-0.3, -0.25) is 9.59 Å². The van der Waals surface area contributed by atoms with Crippen LogP contribution >= 0.6 is 0 Å². The van der Waals surface area contributed by atoms with Gasteiger partial charge in [0.15, 0.2) is 0 Å². The lowest BCUT2D eigenvalue weighted by atomic mass is 9.61. The van der Waals surface area contributed by atoms with Crippen LogP contribution < -0.4 is 5.56 Å². The van der Waals surface area contributed by atoms with E-state index in [-0.39, 0.29) is 16.9 Å². The number of H-pyrrole nitrogens is 1. The monoisotopic (exact) mass is 322 g/mol. The summed E-state index contributed by atoms with van der Waals surface area (Å²) in [5, 5.41) is 0. The Balaban J connectivity index is 1.64. The zero-order chi connectivity index (χ0) is 16.7. The Labute approximate surface area is 141 Å². The number of benzene rings is 1. The number of hydrogen-bond acceptors (Lipinski definition) is 2. The minimum absolute atomic E-state index is 0.0356. The molecule has 1 aromatic carbocycles. The van der Waals surface area contributed by atoms with Gasteiger partial charge in [0, 0.05) is 30.8 Å². The molecule has 2 fully saturated rings. The molecule has 1 spiro atoms. The van der Waals surface area contributed by atoms with Crippen LogP contribution in [0.25, 0.3) is 0 Å². The number of likely N-dealkylation sites (tertiary alicyclic amines) is 1. The van der Waals surface area contributed by atoms with Gasteiger partial charge >= 0.3 is 0 Å². The molecule has 1 saturated carbocycles. The van der Waals surface area contributed by atoms with Crippen LogP contribution in [0.5, 0.6) is 0 Å². The van der Waals surface area contributed by atoms with E-state index in [0.29, 0.717) is 17.2 Å². The van der Waals surface area contributed by atoms with Crippen molar-refractivity contribution in [1.29, 1.82) is 0 Å². The SMILES string of the molecule is Cc1[nH]c(=O)ccc1C(=O)N1CC(c2ccccc2)C2(CCC2)C1. The van der Waals surface area contributed by atoms with Crippen molar-refractivity contribution in [3.63, 3.8) is 0 Å². The van der Waals surface area contributed by atoms with Crippen molar-refractivity contribution in [3.05, 3.63) is 69.6 Å². The van der Waals surface area contributed by atoms with Gasteiger partial charge in [0.05, 0.1) is 5.56 Å². The lowest BCUT2D eigenvalue weighted by molar-refractivity contribution is 0.0724. The van der Waals surface area contributed by atoms with Crippen LogP contribution in [0.15, 0.2) is 47.3 Å². The van der Waals surface area contributed by atoms with Crippen LogP contribution in [-0.2, 0) is 0 Å². The highest BCUT2D eigenvalue weighted by Gasteiger charge is 2.51. The Morgan fingerprint density at radius 1 is 1.17 bits per heavy atom. The summed E-state index contributed by atoms with van der Waals surface area (Å²) in [4.78, 5) is 29.1. The van der Waals surface area contributed by atoms with E-state index in [1.807, 2.05) is 11.0 Å². The quantitative estimate of drug-likeness (QED) is 0.924. The number of aryl methyl sites for hydroxylation is 1. The van der Waals surface area contributed by atoms with Crippen LogP contribution in [0, 0.1) is 12.3 Å². The summed E-state index contributed by atoms with van der Waals surface area (Å²) in [6.07, 6.45) is 3.64. The van der Waals surface area contributed by atoms with Crippen LogP contribution in [0.1, 0.15) is 46.8 Å². The van der Waals surface area contributed by atoms with Gasteiger partial charge < -0.3 is 9.88 Å². The smallest absolute Gasteiger partial charge is 0.255 e. The molecule has 124 valence electrons. The fourth-order valence-electron chi connectivity index (χ4n) is 4.39. The highest BCUT2D eigenvalue weighted by atomic mass is 16.2. The first-order chi connectivity index (χ1) is 11.6. The minimum atomic E-state index is -0.164. The molecule has 0 radical (unpaired) electrons. The average Bonchev–Trinajstić information content (AvgIpc) is 2.96. The molecule has 1 unspecified atom stereocenters. The molecule has 1 aromatic heterocycles. The predicted octanol–water partition coefficient (Wildman–Crippen LogP) is 3.09. The maximum absolute atomic E-state index is 13.0. The first kappa shape index (κ1) is 15.2. The third-order valence-electron chi connectivity index (χ3n) is 5.83. The van der Waals surface area contributed by atoms with Gasteiger partial charge in [-0.2, -0.15) is 0 Å². The predicted molar refractivity (Wildman–Crippen MR) is 93.2 cm³/mol. The van der Waals surface area contributed by atoms with Gasteiger partial charge in [-0.05, 0) is 36.8 Å². The molecule has 1 aliphatic carbocycles. The number of nitrogens with one attached hydrogen (secondary N) is 1.